The van der Waals surface area contributed by atoms with E-state index in [1.54, 1.807) is 11.3 Å². The van der Waals surface area contributed by atoms with Gasteiger partial charge in [-0.2, -0.15) is 0 Å². The maximum atomic E-state index is 12.0. The van der Waals surface area contributed by atoms with E-state index < -0.39 is 10.0 Å². The van der Waals surface area contributed by atoms with Crippen molar-refractivity contribution in [2.45, 2.75) is 45.2 Å². The molecule has 6 heteroatoms. The molecule has 2 N–H and O–H groups in total. The largest absolute Gasteiger partial charge is 0.313 e. The first kappa shape index (κ1) is 15.0. The number of sulfonamides is 1. The normalized spacial score (nSPS) is 20.6. The number of piperidine rings is 1. The molecule has 1 unspecified atom stereocenters. The summed E-state index contributed by atoms with van der Waals surface area (Å²) >= 11 is 1.68. The van der Waals surface area contributed by atoms with Gasteiger partial charge in [0, 0.05) is 22.3 Å². The van der Waals surface area contributed by atoms with E-state index in [9.17, 15) is 8.42 Å². The van der Waals surface area contributed by atoms with Crippen LogP contribution in [0.1, 0.15) is 35.9 Å². The van der Waals surface area contributed by atoms with Crippen molar-refractivity contribution in [1.29, 1.82) is 0 Å². The van der Waals surface area contributed by atoms with E-state index in [1.165, 1.54) is 4.88 Å². The van der Waals surface area contributed by atoms with Gasteiger partial charge in [0.15, 0.2) is 0 Å². The fourth-order valence-electron chi connectivity index (χ4n) is 2.28. The smallest absolute Gasteiger partial charge is 0.213 e. The lowest BCUT2D eigenvalue weighted by atomic mass is 10.1. The van der Waals surface area contributed by atoms with Crippen molar-refractivity contribution in [3.05, 3.63) is 21.9 Å². The zero-order valence-corrected chi connectivity index (χ0v) is 12.9. The van der Waals surface area contributed by atoms with Crippen LogP contribution < -0.4 is 10.0 Å². The van der Waals surface area contributed by atoms with Crippen LogP contribution in [0.5, 0.6) is 0 Å². The van der Waals surface area contributed by atoms with E-state index in [1.807, 2.05) is 6.07 Å². The Kier molecular flexibility index (Phi) is 5.38. The molecule has 1 saturated heterocycles. The molecule has 0 saturated carbocycles. The highest BCUT2D eigenvalue weighted by atomic mass is 32.2. The number of nitrogens with one attached hydrogen (secondary N) is 2. The molecule has 0 spiro atoms. The van der Waals surface area contributed by atoms with E-state index in [-0.39, 0.29) is 11.8 Å². The number of thiophene rings is 1. The quantitative estimate of drug-likeness (QED) is 0.843. The van der Waals surface area contributed by atoms with Gasteiger partial charge in [0.05, 0.1) is 5.75 Å². The third-order valence-corrected chi connectivity index (χ3v) is 6.02. The number of hydrogen-bond donors (Lipinski definition) is 2. The predicted octanol–water partition coefficient (Wildman–Crippen LogP) is 1.87. The molecule has 0 bridgehead atoms. The zero-order valence-electron chi connectivity index (χ0n) is 11.3. The fraction of sp³-hybridized carbons (Fsp3) is 0.692. The van der Waals surface area contributed by atoms with Crippen molar-refractivity contribution < 1.29 is 8.42 Å². The van der Waals surface area contributed by atoms with Crippen LogP contribution in [0.25, 0.3) is 0 Å². The summed E-state index contributed by atoms with van der Waals surface area (Å²) in [4.78, 5) is 2.38. The molecule has 2 heterocycles. The maximum Gasteiger partial charge on any atom is 0.213 e. The van der Waals surface area contributed by atoms with Crippen LogP contribution in [0.2, 0.25) is 0 Å². The minimum absolute atomic E-state index is 0.112. The molecule has 1 atom stereocenters. The molecule has 1 aliphatic heterocycles. The monoisotopic (exact) mass is 302 g/mol. The molecular formula is C13H22N2O2S2. The highest BCUT2D eigenvalue weighted by molar-refractivity contribution is 7.89. The topological polar surface area (TPSA) is 58.2 Å². The molecule has 0 aromatic carbocycles. The summed E-state index contributed by atoms with van der Waals surface area (Å²) in [6.45, 7) is 3.46. The van der Waals surface area contributed by atoms with Crippen molar-refractivity contribution in [2.75, 3.05) is 12.3 Å². The zero-order chi connectivity index (χ0) is 13.7. The molecule has 0 radical (unpaired) electrons. The van der Waals surface area contributed by atoms with E-state index in [2.05, 4.69) is 23.0 Å². The molecule has 1 aromatic rings. The standard InChI is InChI=1S/C13H22N2O2S2/c1-2-12-6-7-13(18-12)9-15-19(16,17)10-11-5-3-4-8-14-11/h6-7,11,14-15H,2-5,8-10H2,1H3. The Morgan fingerprint density at radius 3 is 2.79 bits per heavy atom. The third-order valence-electron chi connectivity index (χ3n) is 3.37. The Labute approximate surface area is 119 Å². The van der Waals surface area contributed by atoms with Gasteiger partial charge in [-0.15, -0.1) is 11.3 Å². The van der Waals surface area contributed by atoms with E-state index >= 15 is 0 Å². The molecule has 2 rings (SSSR count). The second kappa shape index (κ2) is 6.83. The highest BCUT2D eigenvalue weighted by Crippen LogP contribution is 2.17. The molecule has 19 heavy (non-hydrogen) atoms. The van der Waals surface area contributed by atoms with Crippen molar-refractivity contribution >= 4 is 21.4 Å². The Bertz CT molecular complexity index is 490. The van der Waals surface area contributed by atoms with Gasteiger partial charge in [-0.3, -0.25) is 0 Å². The molecular weight excluding hydrogens is 280 g/mol. The van der Waals surface area contributed by atoms with Gasteiger partial charge in [0.1, 0.15) is 0 Å². The summed E-state index contributed by atoms with van der Waals surface area (Å²) in [5.74, 6) is 0.193. The Morgan fingerprint density at radius 1 is 1.37 bits per heavy atom. The van der Waals surface area contributed by atoms with E-state index in [0.717, 1.165) is 37.1 Å². The van der Waals surface area contributed by atoms with Gasteiger partial charge in [0.25, 0.3) is 0 Å². The second-order valence-electron chi connectivity index (χ2n) is 4.97. The summed E-state index contributed by atoms with van der Waals surface area (Å²) in [6.07, 6.45) is 4.24. The van der Waals surface area contributed by atoms with Crippen LogP contribution in [0, 0.1) is 0 Å². The summed E-state index contributed by atoms with van der Waals surface area (Å²) in [7, 11) is -3.18. The summed E-state index contributed by atoms with van der Waals surface area (Å²) in [6, 6.07) is 4.18. The van der Waals surface area contributed by atoms with Crippen LogP contribution in [0.4, 0.5) is 0 Å². The van der Waals surface area contributed by atoms with Crippen LogP contribution in [-0.2, 0) is 23.0 Å². The Balaban J connectivity index is 1.83. The molecule has 1 fully saturated rings. The average Bonchev–Trinajstić information content (AvgIpc) is 2.85. The van der Waals surface area contributed by atoms with Crippen molar-refractivity contribution in [3.8, 4) is 0 Å². The lowest BCUT2D eigenvalue weighted by molar-refractivity contribution is 0.422. The van der Waals surface area contributed by atoms with Crippen LogP contribution in [0.3, 0.4) is 0 Å². The molecule has 1 aliphatic rings. The minimum atomic E-state index is -3.18. The Morgan fingerprint density at radius 2 is 2.16 bits per heavy atom. The van der Waals surface area contributed by atoms with Gasteiger partial charge in [-0.1, -0.05) is 13.3 Å². The predicted molar refractivity (Wildman–Crippen MR) is 80.0 cm³/mol. The van der Waals surface area contributed by atoms with Gasteiger partial charge in [-0.25, -0.2) is 13.1 Å². The van der Waals surface area contributed by atoms with E-state index in [4.69, 9.17) is 0 Å². The van der Waals surface area contributed by atoms with Gasteiger partial charge >= 0.3 is 0 Å². The van der Waals surface area contributed by atoms with Gasteiger partial charge in [-0.05, 0) is 37.9 Å². The lowest BCUT2D eigenvalue weighted by Crippen LogP contribution is -2.42. The summed E-state index contributed by atoms with van der Waals surface area (Å²) in [5, 5.41) is 3.27. The molecule has 0 amide bonds. The van der Waals surface area contributed by atoms with Crippen molar-refractivity contribution in [3.63, 3.8) is 0 Å². The van der Waals surface area contributed by atoms with E-state index in [0.29, 0.717) is 6.54 Å². The number of aryl methyl sites for hydroxylation is 1. The number of rotatable bonds is 6. The molecule has 0 aliphatic carbocycles. The first-order chi connectivity index (χ1) is 9.09. The molecule has 4 nitrogen and oxygen atoms in total. The minimum Gasteiger partial charge on any atom is -0.313 e. The first-order valence-corrected chi connectivity index (χ1v) is 9.34. The second-order valence-corrected chi connectivity index (χ2v) is 8.08. The van der Waals surface area contributed by atoms with Crippen LogP contribution in [-0.4, -0.2) is 26.8 Å². The molecule has 1 aromatic heterocycles. The van der Waals surface area contributed by atoms with Crippen LogP contribution in [0.15, 0.2) is 12.1 Å². The lowest BCUT2D eigenvalue weighted by Gasteiger charge is -2.23. The Hall–Kier alpha value is -0.430. The SMILES string of the molecule is CCc1ccc(CNS(=O)(=O)CC2CCCCN2)s1. The molecule has 108 valence electrons. The van der Waals surface area contributed by atoms with Crippen molar-refractivity contribution in [1.82, 2.24) is 10.0 Å². The summed E-state index contributed by atoms with van der Waals surface area (Å²) in [5.41, 5.74) is 0. The van der Waals surface area contributed by atoms with Gasteiger partial charge < -0.3 is 5.32 Å². The first-order valence-electron chi connectivity index (χ1n) is 6.87. The summed E-state index contributed by atoms with van der Waals surface area (Å²) < 4.78 is 26.7. The highest BCUT2D eigenvalue weighted by Gasteiger charge is 2.20. The maximum absolute atomic E-state index is 12.0. The number of hydrogen-bond acceptors (Lipinski definition) is 4. The third kappa shape index (κ3) is 4.87. The van der Waals surface area contributed by atoms with Gasteiger partial charge in [0.2, 0.25) is 10.0 Å². The fourth-order valence-corrected chi connectivity index (χ4v) is 4.57. The van der Waals surface area contributed by atoms with Crippen LogP contribution >= 0.6 is 11.3 Å². The average molecular weight is 302 g/mol. The van der Waals surface area contributed by atoms with Crippen molar-refractivity contribution in [2.24, 2.45) is 0 Å².